The van der Waals surface area contributed by atoms with Gasteiger partial charge in [-0.15, -0.1) is 0 Å². The molecule has 0 aliphatic heterocycles. The average Bonchev–Trinajstić information content (AvgIpc) is 2.43. The first-order valence-electron chi connectivity index (χ1n) is 6.90. The van der Waals surface area contributed by atoms with Crippen molar-refractivity contribution in [1.82, 2.24) is 5.10 Å². The van der Waals surface area contributed by atoms with Crippen LogP contribution >= 0.6 is 0 Å². The van der Waals surface area contributed by atoms with Crippen LogP contribution in [-0.2, 0) is 7.05 Å². The summed E-state index contributed by atoms with van der Waals surface area (Å²) < 4.78 is 1.98. The van der Waals surface area contributed by atoms with Gasteiger partial charge in [0.1, 0.15) is 6.20 Å². The molecular weight excluding hydrogens is 244 g/mol. The molecule has 3 aromatic rings. The van der Waals surface area contributed by atoms with Gasteiger partial charge >= 0.3 is 0 Å². The van der Waals surface area contributed by atoms with E-state index in [1.54, 1.807) is 0 Å². The molecule has 1 heterocycles. The summed E-state index contributed by atoms with van der Waals surface area (Å²) in [5.74, 6) is 0. The lowest BCUT2D eigenvalue weighted by Crippen LogP contribution is -2.35. The van der Waals surface area contributed by atoms with Gasteiger partial charge in [-0.25, -0.2) is 0 Å². The van der Waals surface area contributed by atoms with Crippen molar-refractivity contribution in [3.63, 3.8) is 0 Å². The van der Waals surface area contributed by atoms with Gasteiger partial charge in [0.05, 0.1) is 10.9 Å². The first kappa shape index (κ1) is 12.8. The lowest BCUT2D eigenvalue weighted by molar-refractivity contribution is -0.719. The molecule has 3 rings (SSSR count). The molecular formula is C18H19N2+. The Bertz CT molecular complexity index is 804. The van der Waals surface area contributed by atoms with E-state index in [2.05, 4.69) is 62.3 Å². The van der Waals surface area contributed by atoms with Crippen LogP contribution in [0.4, 0.5) is 0 Å². The van der Waals surface area contributed by atoms with E-state index < -0.39 is 0 Å². The molecule has 20 heavy (non-hydrogen) atoms. The third-order valence-electron chi connectivity index (χ3n) is 3.98. The SMILES string of the molecule is Cc1cc(C)c(C)c(-c2c3ccccc3cn[n+]2C)c1. The topological polar surface area (TPSA) is 16.8 Å². The molecule has 0 N–H and O–H groups in total. The summed E-state index contributed by atoms with van der Waals surface area (Å²) in [6.45, 7) is 6.50. The Morgan fingerprint density at radius 1 is 1.00 bits per heavy atom. The van der Waals surface area contributed by atoms with Crippen molar-refractivity contribution in [3.8, 4) is 11.3 Å². The minimum Gasteiger partial charge on any atom is -0.0858 e. The summed E-state index contributed by atoms with van der Waals surface area (Å²) in [5.41, 5.74) is 6.40. The van der Waals surface area contributed by atoms with Crippen LogP contribution in [0, 0.1) is 20.8 Å². The molecule has 2 aromatic carbocycles. The van der Waals surface area contributed by atoms with Crippen LogP contribution in [0.15, 0.2) is 42.6 Å². The van der Waals surface area contributed by atoms with Crippen molar-refractivity contribution >= 4 is 10.8 Å². The van der Waals surface area contributed by atoms with Crippen molar-refractivity contribution in [1.29, 1.82) is 0 Å². The first-order valence-corrected chi connectivity index (χ1v) is 6.90. The summed E-state index contributed by atoms with van der Waals surface area (Å²) in [5, 5.41) is 6.93. The fraction of sp³-hybridized carbons (Fsp3) is 0.222. The number of fused-ring (bicyclic) bond motifs is 1. The predicted molar refractivity (Wildman–Crippen MR) is 82.6 cm³/mol. The molecule has 0 saturated heterocycles. The zero-order valence-electron chi connectivity index (χ0n) is 12.4. The van der Waals surface area contributed by atoms with E-state index in [9.17, 15) is 0 Å². The van der Waals surface area contributed by atoms with Gasteiger partial charge in [0.2, 0.25) is 5.69 Å². The zero-order valence-corrected chi connectivity index (χ0v) is 12.4. The quantitative estimate of drug-likeness (QED) is 0.612. The van der Waals surface area contributed by atoms with Gasteiger partial charge in [0.25, 0.3) is 0 Å². The van der Waals surface area contributed by atoms with Crippen molar-refractivity contribution in [2.75, 3.05) is 0 Å². The standard InChI is InChI=1S/C18H19N2/c1-12-9-13(2)14(3)17(10-12)18-16-8-6-5-7-15(16)11-19-20(18)4/h5-11H,1-4H3/q+1. The predicted octanol–water partition coefficient (Wildman–Crippen LogP) is 3.65. The number of nitrogens with zero attached hydrogens (tertiary/aromatic N) is 2. The van der Waals surface area contributed by atoms with E-state index in [4.69, 9.17) is 0 Å². The van der Waals surface area contributed by atoms with Crippen LogP contribution in [0.5, 0.6) is 0 Å². The molecule has 100 valence electrons. The molecule has 0 radical (unpaired) electrons. The maximum absolute atomic E-state index is 4.50. The van der Waals surface area contributed by atoms with Gasteiger partial charge in [0.15, 0.2) is 7.05 Å². The minimum atomic E-state index is 1.18. The molecule has 0 aliphatic carbocycles. The fourth-order valence-corrected chi connectivity index (χ4v) is 2.81. The number of benzene rings is 2. The molecule has 0 unspecified atom stereocenters. The maximum Gasteiger partial charge on any atom is 0.246 e. The molecule has 1 aromatic heterocycles. The Kier molecular flexibility index (Phi) is 3.01. The van der Waals surface area contributed by atoms with Gasteiger partial charge in [0, 0.05) is 5.39 Å². The second kappa shape index (κ2) is 4.71. The van der Waals surface area contributed by atoms with Crippen LogP contribution in [-0.4, -0.2) is 5.10 Å². The molecule has 0 bridgehead atoms. The number of rotatable bonds is 1. The number of aromatic nitrogens is 2. The Morgan fingerprint density at radius 3 is 2.55 bits per heavy atom. The average molecular weight is 263 g/mol. The zero-order chi connectivity index (χ0) is 14.3. The normalized spacial score (nSPS) is 11.0. The highest BCUT2D eigenvalue weighted by molar-refractivity contribution is 5.93. The molecule has 0 atom stereocenters. The summed E-state index contributed by atoms with van der Waals surface area (Å²) in [6, 6.07) is 12.9. The van der Waals surface area contributed by atoms with Gasteiger partial charge in [-0.3, -0.25) is 0 Å². The summed E-state index contributed by atoms with van der Waals surface area (Å²) in [7, 11) is 2.01. The minimum absolute atomic E-state index is 1.18. The van der Waals surface area contributed by atoms with Crippen LogP contribution in [0.25, 0.3) is 22.0 Å². The van der Waals surface area contributed by atoms with Crippen LogP contribution in [0.1, 0.15) is 16.7 Å². The van der Waals surface area contributed by atoms with Gasteiger partial charge in [-0.2, -0.15) is 0 Å². The Balaban J connectivity index is 2.43. The van der Waals surface area contributed by atoms with Gasteiger partial charge in [-0.05, 0) is 49.1 Å². The smallest absolute Gasteiger partial charge is 0.0858 e. The van der Waals surface area contributed by atoms with Crippen molar-refractivity contribution in [2.24, 2.45) is 7.05 Å². The first-order chi connectivity index (χ1) is 9.58. The lowest BCUT2D eigenvalue weighted by atomic mass is 9.95. The Morgan fingerprint density at radius 2 is 1.75 bits per heavy atom. The van der Waals surface area contributed by atoms with E-state index in [1.807, 2.05) is 17.9 Å². The molecule has 0 spiro atoms. The molecule has 0 saturated carbocycles. The van der Waals surface area contributed by atoms with Crippen LogP contribution in [0.2, 0.25) is 0 Å². The van der Waals surface area contributed by atoms with Gasteiger partial charge < -0.3 is 0 Å². The van der Waals surface area contributed by atoms with E-state index in [0.29, 0.717) is 0 Å². The van der Waals surface area contributed by atoms with E-state index in [1.165, 1.54) is 38.7 Å². The Labute approximate surface area is 119 Å². The van der Waals surface area contributed by atoms with Crippen molar-refractivity contribution < 1.29 is 4.68 Å². The highest BCUT2D eigenvalue weighted by atomic mass is 15.2. The molecule has 0 aliphatic rings. The van der Waals surface area contributed by atoms with E-state index >= 15 is 0 Å². The monoisotopic (exact) mass is 263 g/mol. The Hall–Kier alpha value is -2.22. The lowest BCUT2D eigenvalue weighted by Gasteiger charge is -2.10. The largest absolute Gasteiger partial charge is 0.246 e. The summed E-state index contributed by atoms with van der Waals surface area (Å²) in [6.07, 6.45) is 1.93. The van der Waals surface area contributed by atoms with Crippen LogP contribution < -0.4 is 4.68 Å². The fourth-order valence-electron chi connectivity index (χ4n) is 2.81. The van der Waals surface area contributed by atoms with Crippen molar-refractivity contribution in [3.05, 3.63) is 59.3 Å². The molecule has 0 fully saturated rings. The molecule has 0 amide bonds. The molecule has 2 nitrogen and oxygen atoms in total. The van der Waals surface area contributed by atoms with Gasteiger partial charge in [-0.1, -0.05) is 34.5 Å². The molecule has 2 heteroatoms. The highest BCUT2D eigenvalue weighted by Crippen LogP contribution is 2.29. The summed E-state index contributed by atoms with van der Waals surface area (Å²) in [4.78, 5) is 0. The van der Waals surface area contributed by atoms with E-state index in [-0.39, 0.29) is 0 Å². The van der Waals surface area contributed by atoms with Crippen LogP contribution in [0.3, 0.4) is 0 Å². The number of hydrogen-bond acceptors (Lipinski definition) is 1. The third kappa shape index (κ3) is 1.97. The second-order valence-electron chi connectivity index (χ2n) is 5.46. The number of aryl methyl sites for hydroxylation is 3. The maximum atomic E-state index is 4.50. The number of hydrogen-bond donors (Lipinski definition) is 0. The second-order valence-corrected chi connectivity index (χ2v) is 5.46. The highest BCUT2D eigenvalue weighted by Gasteiger charge is 2.19. The summed E-state index contributed by atoms with van der Waals surface area (Å²) >= 11 is 0. The third-order valence-corrected chi connectivity index (χ3v) is 3.98. The van der Waals surface area contributed by atoms with E-state index in [0.717, 1.165) is 0 Å². The van der Waals surface area contributed by atoms with Crippen molar-refractivity contribution in [2.45, 2.75) is 20.8 Å².